The number of aliphatic hydroxyl groups excluding tert-OH is 1. The molecule has 146 heavy (non-hydrogen) atoms. The molecule has 0 aliphatic heterocycles. The number of aryl methyl sites for hydroxylation is 2. The second kappa shape index (κ2) is 60.6. The summed E-state index contributed by atoms with van der Waals surface area (Å²) in [4.78, 5) is 15.6. The van der Waals surface area contributed by atoms with E-state index in [9.17, 15) is 5.11 Å². The summed E-state index contributed by atoms with van der Waals surface area (Å²) in [6.07, 6.45) is 63.6. The Balaban J connectivity index is 0.832. The topological polar surface area (TPSA) is 97.6 Å². The Morgan fingerprint density at radius 2 is 0.527 bits per heavy atom. The van der Waals surface area contributed by atoms with E-state index in [1.165, 1.54) is 338 Å². The Labute approximate surface area is 917 Å². The summed E-state index contributed by atoms with van der Waals surface area (Å²) in [5, 5.41) is 10.9. The van der Waals surface area contributed by atoms with E-state index in [1.54, 1.807) is 52.2 Å². The van der Waals surface area contributed by atoms with Crippen molar-refractivity contribution in [3.05, 3.63) is 174 Å². The summed E-state index contributed by atoms with van der Waals surface area (Å²) in [5.74, 6) is -2.11. The molecular weight excluding hydrogens is 2050 g/mol. The van der Waals surface area contributed by atoms with Crippen molar-refractivity contribution in [2.24, 2.45) is 23.7 Å². The molecule has 790 valence electrons. The second-order valence-corrected chi connectivity index (χ2v) is 52.8. The van der Waals surface area contributed by atoms with Gasteiger partial charge in [0.2, 0.25) is 0 Å². The first-order valence-electron chi connectivity index (χ1n) is 55.8. The van der Waals surface area contributed by atoms with Gasteiger partial charge >= 0.3 is 0 Å². The first kappa shape index (κ1) is 116. The number of nitrogens with zero attached hydrogens (tertiary/aromatic N) is 6. The SMILES string of the molecule is CCCCCCCCC(CCCCCC)Cc1cc(-c2sc(/C(=C\F)c3nsnc3/C(=C/F)c3cc(CC(CCCCCC)CCCCCCCC)c(-c4cc(CC(CCCCCC)CCCCCCCC)c(-c5ccc(-c6c(F)c(F)c(-c7ccc(-c8cc(CO)c(-c9ccc(-c%10c(F)c(F)c(-c%11ccc(C)s%11)c%11nsnc%10%11)s9)s8)s7)c7nsnc67)s5)s4)s3)cc2CC(CCCCCC)CCCCCCCC)sc1C. The lowest BCUT2D eigenvalue weighted by Gasteiger charge is -2.18. The van der Waals surface area contributed by atoms with Gasteiger partial charge in [0.25, 0.3) is 0 Å². The fourth-order valence-corrected chi connectivity index (χ4v) is 33.7. The third kappa shape index (κ3) is 30.8. The Morgan fingerprint density at radius 1 is 0.267 bits per heavy atom. The maximum absolute atomic E-state index is 18.1. The minimum Gasteiger partial charge on any atom is -0.392 e. The van der Waals surface area contributed by atoms with Gasteiger partial charge in [-0.1, -0.05) is 364 Å². The molecule has 0 spiro atoms. The molecule has 2 aromatic carbocycles. The minimum absolute atomic E-state index is 0.0238. The van der Waals surface area contributed by atoms with Crippen molar-refractivity contribution in [2.45, 2.75) is 410 Å². The molecule has 0 amide bonds. The Bertz CT molecular complexity index is 6360. The molecule has 4 atom stereocenters. The zero-order chi connectivity index (χ0) is 103. The van der Waals surface area contributed by atoms with Gasteiger partial charge in [-0.05, 0) is 170 Å². The predicted molar refractivity (Wildman–Crippen MR) is 632 cm³/mol. The maximum Gasteiger partial charge on any atom is 0.170 e. The third-order valence-electron chi connectivity index (χ3n) is 29.8. The van der Waals surface area contributed by atoms with Gasteiger partial charge in [-0.2, -0.15) is 26.2 Å². The summed E-state index contributed by atoms with van der Waals surface area (Å²) in [5.41, 5.74) is 8.46. The number of benzene rings is 2. The Morgan fingerprint density at radius 3 is 0.870 bits per heavy atom. The van der Waals surface area contributed by atoms with Gasteiger partial charge in [0, 0.05) is 94.1 Å². The molecule has 0 saturated heterocycles. The number of unbranched alkanes of at least 4 members (excludes halogenated alkanes) is 32. The van der Waals surface area contributed by atoms with E-state index in [0.29, 0.717) is 76.8 Å². The van der Waals surface area contributed by atoms with Crippen molar-refractivity contribution < 1.29 is 31.4 Å². The molecular formula is C121H156F6N6OS12. The number of halogens is 6. The largest absolute Gasteiger partial charge is 0.392 e. The number of rotatable bonds is 70. The fourth-order valence-electron chi connectivity index (χ4n) is 21.5. The van der Waals surface area contributed by atoms with Crippen molar-refractivity contribution in [3.63, 3.8) is 0 Å². The van der Waals surface area contributed by atoms with Crippen LogP contribution in [0.2, 0.25) is 0 Å². The molecule has 4 unspecified atom stereocenters. The van der Waals surface area contributed by atoms with Crippen LogP contribution in [0.3, 0.4) is 0 Å². The summed E-state index contributed by atoms with van der Waals surface area (Å²) >= 11 is 16.7. The molecule has 25 heteroatoms. The fraction of sp³-hybridized carbons (Fsp3) is 0.554. The molecule has 0 radical (unpaired) electrons. The van der Waals surface area contributed by atoms with E-state index in [-0.39, 0.29) is 45.4 Å². The lowest BCUT2D eigenvalue weighted by atomic mass is 9.88. The van der Waals surface area contributed by atoms with Gasteiger partial charge in [0.15, 0.2) is 23.3 Å². The summed E-state index contributed by atoms with van der Waals surface area (Å²) in [7, 11) is 0. The van der Waals surface area contributed by atoms with Gasteiger partial charge in [-0.3, -0.25) is 0 Å². The van der Waals surface area contributed by atoms with Gasteiger partial charge < -0.3 is 5.11 Å². The quantitative estimate of drug-likeness (QED) is 0.0300. The number of aliphatic hydroxyl groups is 1. The smallest absolute Gasteiger partial charge is 0.170 e. The predicted octanol–water partition coefficient (Wildman–Crippen LogP) is 45.0. The van der Waals surface area contributed by atoms with E-state index in [4.69, 9.17) is 17.5 Å². The van der Waals surface area contributed by atoms with Crippen LogP contribution in [0.25, 0.3) is 124 Å². The average Bonchev–Trinajstić information content (AvgIpc) is 1.55. The number of hydrogen-bond acceptors (Lipinski definition) is 19. The molecule has 14 rings (SSSR count). The molecule has 0 aliphatic carbocycles. The van der Waals surface area contributed by atoms with E-state index < -0.39 is 23.3 Å². The zero-order valence-electron chi connectivity index (χ0n) is 88.2. The Hall–Kier alpha value is -6.04. The van der Waals surface area contributed by atoms with Crippen molar-refractivity contribution >= 4 is 170 Å². The minimum atomic E-state index is -1.02. The lowest BCUT2D eigenvalue weighted by molar-refractivity contribution is 0.283. The molecule has 12 heterocycles. The van der Waals surface area contributed by atoms with E-state index in [0.717, 1.165) is 191 Å². The molecule has 0 bridgehead atoms. The maximum atomic E-state index is 18.1. The lowest BCUT2D eigenvalue weighted by Crippen LogP contribution is -2.06. The van der Waals surface area contributed by atoms with Gasteiger partial charge in [-0.15, -0.1) is 102 Å². The number of fused-ring (bicyclic) bond motifs is 2. The molecule has 12 aromatic heterocycles. The van der Waals surface area contributed by atoms with E-state index >= 15 is 26.3 Å². The van der Waals surface area contributed by atoms with Crippen molar-refractivity contribution in [1.82, 2.24) is 26.2 Å². The van der Waals surface area contributed by atoms with Crippen LogP contribution in [-0.4, -0.2) is 31.3 Å². The zero-order valence-corrected chi connectivity index (χ0v) is 98.0. The molecule has 1 N–H and O–H groups in total. The highest BCUT2D eigenvalue weighted by Gasteiger charge is 2.34. The van der Waals surface area contributed by atoms with Gasteiger partial charge in [0.1, 0.15) is 33.5 Å². The molecule has 7 nitrogen and oxygen atoms in total. The van der Waals surface area contributed by atoms with Gasteiger partial charge in [-0.25, -0.2) is 26.3 Å². The van der Waals surface area contributed by atoms with Crippen LogP contribution in [0, 0.1) is 60.8 Å². The summed E-state index contributed by atoms with van der Waals surface area (Å²) in [6.45, 7) is 22.3. The standard InChI is InChI=1S/C121H156F6N6OS12/c1-11-19-27-35-39-47-55-81(51-43-31-23-15-5)67-85-71-102(136-80(85)10)119-86(68-82(52-44-32-24-16-6)56-48-40-36-28-20-12-2)72-99(140-119)90(76-122)112-113(129-144-128-112)91(77-123)100-73-87(69-83(53-45-33-25-17-7)57-49-41-37-29-21-13-3)120(141-100)103-74-88(70-84(54-46-34-26-18-8)58-50-42-38-30-22-14-4)118(143-103)97-65-63-95(138-97)106-111(127)109(125)105(115-117(106)133-146-131-115)94-62-61-92(137-94)101-75-89(78-134)121(142-101)98-66-64-96(139-98)107-110(126)108(124)104(93-60-59-79(9)135-93)114-116(107)132-145-130-114/h59-66,71-77,81-84,134H,11-58,67-70,78H2,1-10H3/b90-76+,91-77+. The first-order chi connectivity index (χ1) is 71.5. The van der Waals surface area contributed by atoms with Crippen LogP contribution < -0.4 is 0 Å². The van der Waals surface area contributed by atoms with Crippen LogP contribution in [-0.2, 0) is 32.3 Å². The van der Waals surface area contributed by atoms with Crippen molar-refractivity contribution in [1.29, 1.82) is 0 Å². The first-order valence-corrected chi connectivity index (χ1v) is 65.3. The molecule has 0 saturated carbocycles. The van der Waals surface area contributed by atoms with Crippen molar-refractivity contribution in [2.75, 3.05) is 0 Å². The highest BCUT2D eigenvalue weighted by atomic mass is 32.2. The van der Waals surface area contributed by atoms with Crippen LogP contribution >= 0.6 is 137 Å². The second-order valence-electron chi connectivity index (χ2n) is 41.2. The van der Waals surface area contributed by atoms with Crippen LogP contribution in [0.4, 0.5) is 26.3 Å². The van der Waals surface area contributed by atoms with Crippen LogP contribution in [0.1, 0.15) is 422 Å². The van der Waals surface area contributed by atoms with Gasteiger partial charge in [0.05, 0.1) is 81.6 Å². The Kier molecular flexibility index (Phi) is 47.9. The number of thiophene rings is 9. The van der Waals surface area contributed by atoms with E-state index in [1.807, 2.05) is 48.6 Å². The normalized spacial score (nSPS) is 13.2. The highest BCUT2D eigenvalue weighted by molar-refractivity contribution is 7.29. The number of aromatic nitrogens is 6. The van der Waals surface area contributed by atoms with E-state index in [2.05, 4.69) is 101 Å². The summed E-state index contributed by atoms with van der Waals surface area (Å²) in [6, 6.07) is 26.4. The number of hydrogen-bond donors (Lipinski definition) is 1. The average molecular weight is 2210 g/mol. The van der Waals surface area contributed by atoms with Crippen LogP contribution in [0.5, 0.6) is 0 Å². The summed E-state index contributed by atoms with van der Waals surface area (Å²) < 4.78 is 132. The highest BCUT2D eigenvalue weighted by Crippen LogP contribution is 2.55. The monoisotopic (exact) mass is 2210 g/mol. The molecule has 14 aromatic rings. The third-order valence-corrected chi connectivity index (χ3v) is 42.5. The molecule has 0 fully saturated rings. The molecule has 0 aliphatic rings. The van der Waals surface area contributed by atoms with Crippen molar-refractivity contribution in [3.8, 4) is 90.5 Å². The van der Waals surface area contributed by atoms with Crippen LogP contribution in [0.15, 0.2) is 91.5 Å².